The van der Waals surface area contributed by atoms with Gasteiger partial charge in [0, 0.05) is 53.3 Å². The van der Waals surface area contributed by atoms with Crippen molar-refractivity contribution in [2.24, 2.45) is 16.6 Å². The lowest BCUT2D eigenvalue weighted by molar-refractivity contribution is -0.118. The zero-order valence-electron chi connectivity index (χ0n) is 25.9. The van der Waals surface area contributed by atoms with Crippen LogP contribution in [-0.2, 0) is 9.53 Å². The van der Waals surface area contributed by atoms with Gasteiger partial charge in [-0.3, -0.25) is 9.59 Å². The van der Waals surface area contributed by atoms with Crippen molar-refractivity contribution in [3.63, 3.8) is 0 Å². The molecule has 12 heteroatoms. The van der Waals surface area contributed by atoms with Crippen molar-refractivity contribution in [2.75, 3.05) is 39.7 Å². The maximum absolute atomic E-state index is 15.4. The molecular weight excluding hydrogens is 583 g/mol. The van der Waals surface area contributed by atoms with E-state index >= 15 is 4.39 Å². The van der Waals surface area contributed by atoms with E-state index < -0.39 is 11.7 Å². The summed E-state index contributed by atoms with van der Waals surface area (Å²) in [5, 5.41) is 11.3. The molecule has 1 saturated carbocycles. The molecule has 1 aliphatic carbocycles. The number of allylic oxidation sites excluding steroid dienone is 2. The summed E-state index contributed by atoms with van der Waals surface area (Å²) in [4.78, 5) is 36.3. The van der Waals surface area contributed by atoms with E-state index in [-0.39, 0.29) is 35.6 Å². The number of hydrogen-bond acceptors (Lipinski definition) is 8. The normalized spacial score (nSPS) is 13.8. The van der Waals surface area contributed by atoms with Crippen LogP contribution in [0.2, 0.25) is 0 Å². The van der Waals surface area contributed by atoms with Crippen molar-refractivity contribution >= 4 is 40.8 Å². The van der Waals surface area contributed by atoms with Gasteiger partial charge in [-0.15, -0.1) is 0 Å². The molecule has 0 aliphatic heterocycles. The summed E-state index contributed by atoms with van der Waals surface area (Å²) in [6.45, 7) is 9.93. The van der Waals surface area contributed by atoms with Crippen molar-refractivity contribution in [1.29, 1.82) is 5.41 Å². The van der Waals surface area contributed by atoms with Crippen LogP contribution in [0.25, 0.3) is 11.1 Å². The number of likely N-dealkylation sites (N-methyl/N-ethyl adjacent to an activating group) is 1. The smallest absolute Gasteiger partial charge is 0.275 e. The molecule has 0 radical (unpaired) electrons. The van der Waals surface area contributed by atoms with Gasteiger partial charge in [0.05, 0.1) is 37.4 Å². The monoisotopic (exact) mass is 622 g/mol. The van der Waals surface area contributed by atoms with E-state index in [9.17, 15) is 9.59 Å². The molecule has 1 aromatic carbocycles. The number of carbonyl (C=O) groups is 2. The van der Waals surface area contributed by atoms with Crippen LogP contribution in [0, 0.1) is 24.1 Å². The van der Waals surface area contributed by atoms with Gasteiger partial charge in [-0.2, -0.15) is 4.99 Å². The number of carbonyl (C=O) groups excluding carboxylic acids is 2. The molecule has 2 amide bonds. The summed E-state index contributed by atoms with van der Waals surface area (Å²) < 4.78 is 26.3. The van der Waals surface area contributed by atoms with Crippen LogP contribution in [0.4, 0.5) is 10.1 Å². The van der Waals surface area contributed by atoms with Crippen LogP contribution in [0.15, 0.2) is 63.6 Å². The number of aliphatic imine (C=N–C) groups is 1. The first kappa shape index (κ1) is 34.2. The molecule has 44 heavy (non-hydrogen) atoms. The fraction of sp³-hybridized carbons (Fsp3) is 0.344. The number of benzene rings is 1. The zero-order valence-corrected chi connectivity index (χ0v) is 26.7. The van der Waals surface area contributed by atoms with Gasteiger partial charge in [-0.05, 0) is 51.3 Å². The van der Waals surface area contributed by atoms with Gasteiger partial charge >= 0.3 is 0 Å². The zero-order chi connectivity index (χ0) is 32.6. The minimum atomic E-state index is -0.786. The first-order valence-electron chi connectivity index (χ1n) is 13.9. The summed E-state index contributed by atoms with van der Waals surface area (Å²) in [7, 11) is 4.64. The predicted molar refractivity (Wildman–Crippen MR) is 175 cm³/mol. The number of rotatable bonds is 14. The third kappa shape index (κ3) is 8.87. The van der Waals surface area contributed by atoms with Crippen LogP contribution >= 0.6 is 11.8 Å². The van der Waals surface area contributed by atoms with Crippen LogP contribution in [0.1, 0.15) is 42.7 Å². The standard InChI is InChI=1S/C32H39FN6O4S/c1-8-23(17-42-6)44-19(3)16-39(5)32(41)29-24(33)13-22(15-36-29)28-18(2)9-12-25(30(28)43-7)37-26(20(4)34)14-27(35)38-31(40)21-10-11-21/h8-9,12-15,21,34,37H,3,10-11,16-17H2,1-2,4-7H3,(H2,35,38,40)/b23-8-,26-14+,34-20?. The molecule has 4 N–H and O–H groups in total. The number of amides is 2. The summed E-state index contributed by atoms with van der Waals surface area (Å²) in [5.41, 5.74) is 8.29. The van der Waals surface area contributed by atoms with E-state index in [2.05, 4.69) is 21.9 Å². The first-order valence-corrected chi connectivity index (χ1v) is 14.7. The summed E-state index contributed by atoms with van der Waals surface area (Å²) in [5.74, 6) is -1.37. The summed E-state index contributed by atoms with van der Waals surface area (Å²) in [6.07, 6.45) is 6.36. The van der Waals surface area contributed by atoms with E-state index in [0.717, 1.165) is 23.3 Å². The summed E-state index contributed by atoms with van der Waals surface area (Å²) >= 11 is 1.40. The van der Waals surface area contributed by atoms with Gasteiger partial charge in [0.25, 0.3) is 11.8 Å². The Morgan fingerprint density at radius 3 is 2.61 bits per heavy atom. The van der Waals surface area contributed by atoms with E-state index in [0.29, 0.717) is 39.8 Å². The van der Waals surface area contributed by atoms with Gasteiger partial charge in [0.15, 0.2) is 11.5 Å². The average Bonchev–Trinajstić information content (AvgIpc) is 3.82. The average molecular weight is 623 g/mol. The Morgan fingerprint density at radius 1 is 1.34 bits per heavy atom. The van der Waals surface area contributed by atoms with Crippen molar-refractivity contribution in [3.05, 3.63) is 75.7 Å². The van der Waals surface area contributed by atoms with Gasteiger partial charge in [-0.1, -0.05) is 30.5 Å². The predicted octanol–water partition coefficient (Wildman–Crippen LogP) is 5.70. The van der Waals surface area contributed by atoms with Crippen molar-refractivity contribution < 1.29 is 23.5 Å². The van der Waals surface area contributed by atoms with Crippen molar-refractivity contribution in [3.8, 4) is 16.9 Å². The molecule has 234 valence electrons. The Kier molecular flexibility index (Phi) is 12.0. The number of thioether (sulfide) groups is 1. The quantitative estimate of drug-likeness (QED) is 0.180. The number of nitrogens with zero attached hydrogens (tertiary/aromatic N) is 3. The molecule has 3 rings (SSSR count). The highest BCUT2D eigenvalue weighted by Gasteiger charge is 2.29. The van der Waals surface area contributed by atoms with E-state index in [1.807, 2.05) is 26.0 Å². The van der Waals surface area contributed by atoms with E-state index in [1.165, 1.54) is 42.1 Å². The third-order valence-corrected chi connectivity index (χ3v) is 7.71. The molecule has 0 bridgehead atoms. The number of ether oxygens (including phenoxy) is 2. The Hall–Kier alpha value is -4.29. The Labute approximate surface area is 261 Å². The number of methoxy groups -OCH3 is 2. The highest BCUT2D eigenvalue weighted by Crippen LogP contribution is 2.40. The number of pyridine rings is 1. The number of aromatic nitrogens is 1. The number of nitrogens with two attached hydrogens (primary N) is 1. The van der Waals surface area contributed by atoms with Crippen molar-refractivity contribution in [1.82, 2.24) is 9.88 Å². The molecular formula is C32H39FN6O4S. The number of nitrogens with one attached hydrogen (secondary N) is 2. The lowest BCUT2D eigenvalue weighted by atomic mass is 9.99. The van der Waals surface area contributed by atoms with Crippen LogP contribution in [-0.4, -0.2) is 67.7 Å². The lowest BCUT2D eigenvalue weighted by Gasteiger charge is -2.20. The second kappa shape index (κ2) is 15.4. The van der Waals surface area contributed by atoms with Crippen LogP contribution in [0.5, 0.6) is 5.75 Å². The Balaban J connectivity index is 1.88. The van der Waals surface area contributed by atoms with E-state index in [4.69, 9.17) is 20.6 Å². The maximum atomic E-state index is 15.4. The Bertz CT molecular complexity index is 1550. The molecule has 0 spiro atoms. The molecule has 1 aliphatic rings. The third-order valence-electron chi connectivity index (χ3n) is 6.68. The van der Waals surface area contributed by atoms with Gasteiger partial charge in [-0.25, -0.2) is 9.37 Å². The maximum Gasteiger partial charge on any atom is 0.275 e. The number of halogens is 1. The number of anilines is 1. The number of aryl methyl sites for hydroxylation is 1. The minimum Gasteiger partial charge on any atom is -0.494 e. The SMILES string of the molecule is C=C(CN(C)C(=O)c1ncc(-c2c(C)ccc(N/C(=C/C(N)=NC(=O)C3CC3)C(C)=N)c2OC)cc1F)S/C(=C\C)COC. The minimum absolute atomic E-state index is 0.0155. The van der Waals surface area contributed by atoms with Crippen LogP contribution in [0.3, 0.4) is 0 Å². The molecule has 2 aromatic rings. The highest BCUT2D eigenvalue weighted by molar-refractivity contribution is 8.06. The van der Waals surface area contributed by atoms with E-state index in [1.54, 1.807) is 27.1 Å². The number of hydrogen-bond donors (Lipinski definition) is 3. The molecule has 0 atom stereocenters. The molecule has 1 fully saturated rings. The summed E-state index contributed by atoms with van der Waals surface area (Å²) in [6, 6.07) is 4.81. The second-order valence-electron chi connectivity index (χ2n) is 10.3. The molecule has 1 heterocycles. The van der Waals surface area contributed by atoms with Crippen molar-refractivity contribution in [2.45, 2.75) is 33.6 Å². The Morgan fingerprint density at radius 2 is 2.05 bits per heavy atom. The second-order valence-corrected chi connectivity index (χ2v) is 11.6. The topological polar surface area (TPSA) is 143 Å². The largest absolute Gasteiger partial charge is 0.494 e. The fourth-order valence-electron chi connectivity index (χ4n) is 4.24. The molecule has 0 unspecified atom stereocenters. The van der Waals surface area contributed by atoms with Crippen LogP contribution < -0.4 is 15.8 Å². The molecule has 1 aromatic heterocycles. The molecule has 0 saturated heterocycles. The van der Waals surface area contributed by atoms with Gasteiger partial charge < -0.3 is 30.8 Å². The van der Waals surface area contributed by atoms with Gasteiger partial charge in [0.2, 0.25) is 0 Å². The fourth-order valence-corrected chi connectivity index (χ4v) is 5.17. The molecule has 10 nitrogen and oxygen atoms in total. The number of amidine groups is 1. The lowest BCUT2D eigenvalue weighted by Crippen LogP contribution is -2.29. The highest BCUT2D eigenvalue weighted by atomic mass is 32.2. The van der Waals surface area contributed by atoms with Gasteiger partial charge in [0.1, 0.15) is 11.6 Å². The first-order chi connectivity index (χ1) is 20.9.